The molecule has 3 aromatic rings. The van der Waals surface area contributed by atoms with Crippen LogP contribution in [-0.4, -0.2) is 15.7 Å². The molecule has 0 bridgehead atoms. The third-order valence-corrected chi connectivity index (χ3v) is 4.84. The van der Waals surface area contributed by atoms with Gasteiger partial charge in [-0.05, 0) is 36.4 Å². The van der Waals surface area contributed by atoms with Gasteiger partial charge in [0.2, 0.25) is 0 Å². The van der Waals surface area contributed by atoms with Crippen molar-refractivity contribution in [2.75, 3.05) is 5.75 Å². The average molecular weight is 310 g/mol. The fraction of sp³-hybridized carbons (Fsp3) is 0.316. The summed E-state index contributed by atoms with van der Waals surface area (Å²) < 4.78 is 0. The third kappa shape index (κ3) is 3.72. The van der Waals surface area contributed by atoms with Gasteiger partial charge < -0.3 is 4.98 Å². The highest BCUT2D eigenvalue weighted by Gasteiger charge is 2.05. The highest BCUT2D eigenvalue weighted by atomic mass is 32.2. The van der Waals surface area contributed by atoms with Crippen LogP contribution in [0.1, 0.15) is 32.6 Å². The van der Waals surface area contributed by atoms with Crippen LogP contribution in [0.5, 0.6) is 0 Å². The van der Waals surface area contributed by atoms with Crippen molar-refractivity contribution in [1.29, 1.82) is 0 Å². The van der Waals surface area contributed by atoms with E-state index in [1.54, 1.807) is 0 Å². The van der Waals surface area contributed by atoms with Crippen molar-refractivity contribution < 1.29 is 0 Å². The Kier molecular flexibility index (Phi) is 5.17. The second kappa shape index (κ2) is 7.50. The molecular weight excluding hydrogens is 288 g/mol. The van der Waals surface area contributed by atoms with Crippen LogP contribution in [-0.2, 0) is 0 Å². The minimum Gasteiger partial charge on any atom is -0.338 e. The molecule has 0 fully saturated rings. The van der Waals surface area contributed by atoms with E-state index < -0.39 is 0 Å². The maximum Gasteiger partial charge on any atom is 0.138 e. The van der Waals surface area contributed by atoms with Crippen LogP contribution in [0.4, 0.5) is 0 Å². The Morgan fingerprint density at radius 3 is 2.77 bits per heavy atom. The van der Waals surface area contributed by atoms with E-state index in [4.69, 9.17) is 0 Å². The number of nitrogens with one attached hydrogen (secondary N) is 1. The molecule has 0 atom stereocenters. The van der Waals surface area contributed by atoms with Crippen molar-refractivity contribution in [1.82, 2.24) is 9.97 Å². The first-order valence-electron chi connectivity index (χ1n) is 8.05. The average Bonchev–Trinajstić information content (AvgIpc) is 2.99. The monoisotopic (exact) mass is 310 g/mol. The van der Waals surface area contributed by atoms with Crippen molar-refractivity contribution in [2.45, 2.75) is 37.5 Å². The van der Waals surface area contributed by atoms with E-state index in [0.717, 1.165) is 22.4 Å². The maximum atomic E-state index is 4.68. The number of aromatic nitrogens is 2. The van der Waals surface area contributed by atoms with Gasteiger partial charge in [-0.25, -0.2) is 4.98 Å². The molecule has 1 aromatic heterocycles. The van der Waals surface area contributed by atoms with E-state index in [-0.39, 0.29) is 0 Å². The third-order valence-electron chi connectivity index (χ3n) is 3.76. The van der Waals surface area contributed by atoms with Crippen LogP contribution in [0.2, 0.25) is 0 Å². The zero-order chi connectivity index (χ0) is 15.2. The number of imidazole rings is 1. The summed E-state index contributed by atoms with van der Waals surface area (Å²) in [6.07, 6.45) is 5.28. The number of H-pyrrole nitrogens is 1. The number of benzene rings is 2. The Morgan fingerprint density at radius 2 is 1.91 bits per heavy atom. The van der Waals surface area contributed by atoms with Gasteiger partial charge in [-0.2, -0.15) is 0 Å². The Balaban J connectivity index is 1.70. The molecule has 0 aliphatic rings. The summed E-state index contributed by atoms with van der Waals surface area (Å²) in [5.74, 6) is 2.15. The number of nitrogens with zero attached hydrogens (tertiary/aromatic N) is 1. The minimum absolute atomic E-state index is 0.953. The van der Waals surface area contributed by atoms with Gasteiger partial charge in [0.05, 0.1) is 11.0 Å². The predicted molar refractivity (Wildman–Crippen MR) is 96.4 cm³/mol. The highest BCUT2D eigenvalue weighted by molar-refractivity contribution is 7.99. The van der Waals surface area contributed by atoms with E-state index in [2.05, 4.69) is 47.2 Å². The van der Waals surface area contributed by atoms with E-state index >= 15 is 0 Å². The van der Waals surface area contributed by atoms with Crippen LogP contribution in [0.25, 0.3) is 22.4 Å². The molecule has 1 N–H and O–H groups in total. The van der Waals surface area contributed by atoms with Gasteiger partial charge in [0.15, 0.2) is 0 Å². The summed E-state index contributed by atoms with van der Waals surface area (Å²) in [7, 11) is 0. The summed E-state index contributed by atoms with van der Waals surface area (Å²) in [6.45, 7) is 2.25. The molecule has 0 amide bonds. The molecule has 0 aliphatic carbocycles. The maximum absolute atomic E-state index is 4.68. The quantitative estimate of drug-likeness (QED) is 0.434. The van der Waals surface area contributed by atoms with Crippen molar-refractivity contribution in [3.8, 4) is 11.4 Å². The predicted octanol–water partition coefficient (Wildman–Crippen LogP) is 5.90. The SMILES string of the molecule is CCCCCCSc1cccc(-c2nc3ccccc3[nH]2)c1. The van der Waals surface area contributed by atoms with Crippen LogP contribution in [0.3, 0.4) is 0 Å². The minimum atomic E-state index is 0.953. The number of aromatic amines is 1. The van der Waals surface area contributed by atoms with Crippen molar-refractivity contribution in [3.05, 3.63) is 48.5 Å². The summed E-state index contributed by atoms with van der Waals surface area (Å²) >= 11 is 1.94. The van der Waals surface area contributed by atoms with Gasteiger partial charge in [-0.15, -0.1) is 11.8 Å². The molecule has 0 unspecified atom stereocenters. The fourth-order valence-corrected chi connectivity index (χ4v) is 3.51. The lowest BCUT2D eigenvalue weighted by Gasteiger charge is -2.03. The molecule has 0 spiro atoms. The molecule has 0 radical (unpaired) electrons. The van der Waals surface area contributed by atoms with Crippen LogP contribution < -0.4 is 0 Å². The van der Waals surface area contributed by atoms with E-state index in [1.807, 2.05) is 30.0 Å². The van der Waals surface area contributed by atoms with E-state index in [9.17, 15) is 0 Å². The molecule has 2 nitrogen and oxygen atoms in total. The molecule has 0 saturated carbocycles. The smallest absolute Gasteiger partial charge is 0.138 e. The van der Waals surface area contributed by atoms with Gasteiger partial charge in [0.25, 0.3) is 0 Å². The lowest BCUT2D eigenvalue weighted by atomic mass is 10.2. The zero-order valence-electron chi connectivity index (χ0n) is 13.0. The second-order valence-electron chi connectivity index (χ2n) is 5.54. The normalized spacial score (nSPS) is 11.1. The van der Waals surface area contributed by atoms with Gasteiger partial charge in [0.1, 0.15) is 5.82 Å². The first kappa shape index (κ1) is 15.2. The number of fused-ring (bicyclic) bond motifs is 1. The van der Waals surface area contributed by atoms with Crippen LogP contribution in [0.15, 0.2) is 53.4 Å². The first-order chi connectivity index (χ1) is 10.9. The lowest BCUT2D eigenvalue weighted by Crippen LogP contribution is -1.84. The molecule has 1 heterocycles. The second-order valence-corrected chi connectivity index (χ2v) is 6.71. The Bertz CT molecular complexity index is 700. The highest BCUT2D eigenvalue weighted by Crippen LogP contribution is 2.26. The van der Waals surface area contributed by atoms with Crippen LogP contribution >= 0.6 is 11.8 Å². The topological polar surface area (TPSA) is 28.7 Å². The Morgan fingerprint density at radius 1 is 1.00 bits per heavy atom. The van der Waals surface area contributed by atoms with Gasteiger partial charge in [-0.1, -0.05) is 50.5 Å². The van der Waals surface area contributed by atoms with E-state index in [1.165, 1.54) is 36.3 Å². The molecule has 3 rings (SSSR count). The first-order valence-corrected chi connectivity index (χ1v) is 9.03. The number of thioether (sulfide) groups is 1. The zero-order valence-corrected chi connectivity index (χ0v) is 13.8. The lowest BCUT2D eigenvalue weighted by molar-refractivity contribution is 0.706. The van der Waals surface area contributed by atoms with Gasteiger partial charge in [-0.3, -0.25) is 0 Å². The molecule has 114 valence electrons. The summed E-state index contributed by atoms with van der Waals surface area (Å²) in [4.78, 5) is 9.41. The molecule has 22 heavy (non-hydrogen) atoms. The Hall–Kier alpha value is -1.74. The number of unbranched alkanes of at least 4 members (excludes halogenated alkanes) is 3. The van der Waals surface area contributed by atoms with E-state index in [0.29, 0.717) is 0 Å². The summed E-state index contributed by atoms with van der Waals surface area (Å²) in [5, 5.41) is 0. The van der Waals surface area contributed by atoms with Gasteiger partial charge in [0, 0.05) is 10.5 Å². The number of hydrogen-bond donors (Lipinski definition) is 1. The van der Waals surface area contributed by atoms with Crippen LogP contribution in [0, 0.1) is 0 Å². The number of hydrogen-bond acceptors (Lipinski definition) is 2. The largest absolute Gasteiger partial charge is 0.338 e. The molecule has 2 aromatic carbocycles. The fourth-order valence-electron chi connectivity index (χ4n) is 2.54. The number of rotatable bonds is 7. The molecule has 3 heteroatoms. The summed E-state index contributed by atoms with van der Waals surface area (Å²) in [6, 6.07) is 16.8. The van der Waals surface area contributed by atoms with Crippen molar-refractivity contribution >= 4 is 22.8 Å². The summed E-state index contributed by atoms with van der Waals surface area (Å²) in [5.41, 5.74) is 3.28. The standard InChI is InChI=1S/C19H22N2S/c1-2-3-4-7-13-22-16-10-8-9-15(14-16)19-20-17-11-5-6-12-18(17)21-19/h5-6,8-12,14H,2-4,7,13H2,1H3,(H,20,21). The molecule has 0 aliphatic heterocycles. The Labute approximate surface area is 136 Å². The number of para-hydroxylation sites is 2. The molecular formula is C19H22N2S. The van der Waals surface area contributed by atoms with Crippen molar-refractivity contribution in [2.24, 2.45) is 0 Å². The van der Waals surface area contributed by atoms with Gasteiger partial charge >= 0.3 is 0 Å². The van der Waals surface area contributed by atoms with Crippen molar-refractivity contribution in [3.63, 3.8) is 0 Å². The molecule has 0 saturated heterocycles.